The standard InChI is InChI=1S/C18H19N5/c1-23-16(10-11-20-23)18-21-15-9-5-8-14(15)17(22-18)19-12-13-6-3-2-4-7-13/h2-4,6-7,10-11H,5,8-9,12H2,1H3,(H,19,21,22). The summed E-state index contributed by atoms with van der Waals surface area (Å²) in [5.74, 6) is 1.72. The molecule has 0 saturated carbocycles. The SMILES string of the molecule is Cn1nccc1-c1nc2c(c(NCc3ccccc3)n1)CCC2. The minimum atomic E-state index is 0.751. The maximum atomic E-state index is 4.78. The lowest BCUT2D eigenvalue weighted by atomic mass is 10.2. The maximum absolute atomic E-state index is 4.78. The van der Waals surface area contributed by atoms with Gasteiger partial charge in [0.15, 0.2) is 5.82 Å². The summed E-state index contributed by atoms with van der Waals surface area (Å²) < 4.78 is 1.82. The first-order chi connectivity index (χ1) is 11.3. The van der Waals surface area contributed by atoms with Crippen LogP contribution in [0.15, 0.2) is 42.6 Å². The molecule has 5 nitrogen and oxygen atoms in total. The van der Waals surface area contributed by atoms with Crippen LogP contribution in [0.4, 0.5) is 5.82 Å². The highest BCUT2D eigenvalue weighted by molar-refractivity contribution is 5.58. The second-order valence-electron chi connectivity index (χ2n) is 5.85. The Bertz CT molecular complexity index is 823. The van der Waals surface area contributed by atoms with Gasteiger partial charge in [-0.2, -0.15) is 5.10 Å². The fraction of sp³-hybridized carbons (Fsp3) is 0.278. The highest BCUT2D eigenvalue weighted by Crippen LogP contribution is 2.29. The smallest absolute Gasteiger partial charge is 0.180 e. The number of rotatable bonds is 4. The summed E-state index contributed by atoms with van der Waals surface area (Å²) in [6.07, 6.45) is 5.02. The molecule has 0 unspecified atom stereocenters. The third-order valence-corrected chi connectivity index (χ3v) is 4.29. The third-order valence-electron chi connectivity index (χ3n) is 4.29. The van der Waals surface area contributed by atoms with Gasteiger partial charge in [0.1, 0.15) is 11.5 Å². The molecule has 1 aliphatic rings. The molecule has 1 N–H and O–H groups in total. The summed E-state index contributed by atoms with van der Waals surface area (Å²) in [4.78, 5) is 9.54. The van der Waals surface area contributed by atoms with Gasteiger partial charge in [0.05, 0.1) is 0 Å². The van der Waals surface area contributed by atoms with Crippen molar-refractivity contribution in [3.05, 3.63) is 59.4 Å². The van der Waals surface area contributed by atoms with Crippen LogP contribution in [0, 0.1) is 0 Å². The van der Waals surface area contributed by atoms with Gasteiger partial charge in [-0.25, -0.2) is 9.97 Å². The molecule has 0 aliphatic heterocycles. The van der Waals surface area contributed by atoms with Crippen molar-refractivity contribution in [2.75, 3.05) is 5.32 Å². The molecule has 2 aromatic heterocycles. The minimum absolute atomic E-state index is 0.751. The topological polar surface area (TPSA) is 55.6 Å². The lowest BCUT2D eigenvalue weighted by Gasteiger charge is -2.12. The predicted octanol–water partition coefficient (Wildman–Crippen LogP) is 2.98. The fourth-order valence-electron chi connectivity index (χ4n) is 3.07. The summed E-state index contributed by atoms with van der Waals surface area (Å²) in [6.45, 7) is 0.773. The molecule has 1 aliphatic carbocycles. The Labute approximate surface area is 135 Å². The van der Waals surface area contributed by atoms with Crippen LogP contribution in [0.1, 0.15) is 23.2 Å². The van der Waals surface area contributed by atoms with Crippen LogP contribution in [0.2, 0.25) is 0 Å². The highest BCUT2D eigenvalue weighted by atomic mass is 15.3. The van der Waals surface area contributed by atoms with Crippen LogP contribution >= 0.6 is 0 Å². The molecule has 23 heavy (non-hydrogen) atoms. The van der Waals surface area contributed by atoms with Gasteiger partial charge in [-0.3, -0.25) is 4.68 Å². The van der Waals surface area contributed by atoms with Gasteiger partial charge in [-0.05, 0) is 30.9 Å². The second-order valence-corrected chi connectivity index (χ2v) is 5.85. The van der Waals surface area contributed by atoms with Crippen molar-refractivity contribution in [3.63, 3.8) is 0 Å². The Kier molecular flexibility index (Phi) is 3.54. The molecule has 0 spiro atoms. The van der Waals surface area contributed by atoms with Crippen LogP contribution in [-0.4, -0.2) is 19.7 Å². The normalized spacial score (nSPS) is 13.1. The molecule has 0 saturated heterocycles. The third kappa shape index (κ3) is 2.70. The first-order valence-corrected chi connectivity index (χ1v) is 7.97. The van der Waals surface area contributed by atoms with E-state index in [-0.39, 0.29) is 0 Å². The average Bonchev–Trinajstić information content (AvgIpc) is 3.22. The van der Waals surface area contributed by atoms with Crippen LogP contribution in [0.5, 0.6) is 0 Å². The molecule has 3 aromatic rings. The van der Waals surface area contributed by atoms with E-state index in [1.54, 1.807) is 6.20 Å². The van der Waals surface area contributed by atoms with E-state index in [1.165, 1.54) is 16.8 Å². The van der Waals surface area contributed by atoms with Gasteiger partial charge in [0, 0.05) is 31.0 Å². The number of nitrogens with zero attached hydrogens (tertiary/aromatic N) is 4. The van der Waals surface area contributed by atoms with Crippen LogP contribution in [0.25, 0.3) is 11.5 Å². The number of aromatic nitrogens is 4. The molecule has 5 heteroatoms. The number of nitrogens with one attached hydrogen (secondary N) is 1. The molecule has 1 aromatic carbocycles. The van der Waals surface area contributed by atoms with Gasteiger partial charge in [0.2, 0.25) is 0 Å². The molecule has 0 amide bonds. The van der Waals surface area contributed by atoms with E-state index in [4.69, 9.17) is 9.97 Å². The van der Waals surface area contributed by atoms with Crippen molar-refractivity contribution in [1.82, 2.24) is 19.7 Å². The Balaban J connectivity index is 1.68. The number of hydrogen-bond donors (Lipinski definition) is 1. The zero-order chi connectivity index (χ0) is 15.6. The summed E-state index contributed by atoms with van der Waals surface area (Å²) in [6, 6.07) is 12.3. The number of hydrogen-bond acceptors (Lipinski definition) is 4. The van der Waals surface area contributed by atoms with Gasteiger partial charge >= 0.3 is 0 Å². The number of aryl methyl sites for hydroxylation is 2. The molecule has 0 atom stereocenters. The number of benzene rings is 1. The number of fused-ring (bicyclic) bond motifs is 1. The van der Waals surface area contributed by atoms with E-state index < -0.39 is 0 Å². The quantitative estimate of drug-likeness (QED) is 0.805. The first kappa shape index (κ1) is 13.9. The molecular formula is C18H19N5. The molecule has 116 valence electrons. The molecule has 4 rings (SSSR count). The fourth-order valence-corrected chi connectivity index (χ4v) is 3.07. The van der Waals surface area contributed by atoms with Crippen molar-refractivity contribution in [2.24, 2.45) is 7.05 Å². The Morgan fingerprint density at radius 1 is 1.09 bits per heavy atom. The first-order valence-electron chi connectivity index (χ1n) is 7.97. The van der Waals surface area contributed by atoms with Gasteiger partial charge in [0.25, 0.3) is 0 Å². The summed E-state index contributed by atoms with van der Waals surface area (Å²) in [5, 5.41) is 7.73. The maximum Gasteiger partial charge on any atom is 0.180 e. The molecule has 2 heterocycles. The monoisotopic (exact) mass is 305 g/mol. The van der Waals surface area contributed by atoms with Crippen LogP contribution in [0.3, 0.4) is 0 Å². The van der Waals surface area contributed by atoms with Crippen LogP contribution in [-0.2, 0) is 26.4 Å². The Hall–Kier alpha value is -2.69. The van der Waals surface area contributed by atoms with Crippen molar-refractivity contribution in [3.8, 4) is 11.5 Å². The summed E-state index contributed by atoms with van der Waals surface area (Å²) in [5.41, 5.74) is 4.64. The van der Waals surface area contributed by atoms with E-state index in [2.05, 4.69) is 34.7 Å². The average molecular weight is 305 g/mol. The molecular weight excluding hydrogens is 286 g/mol. The van der Waals surface area contributed by atoms with Gasteiger partial charge in [-0.15, -0.1) is 0 Å². The van der Waals surface area contributed by atoms with Crippen molar-refractivity contribution in [2.45, 2.75) is 25.8 Å². The predicted molar refractivity (Wildman–Crippen MR) is 90.0 cm³/mol. The van der Waals surface area contributed by atoms with E-state index in [0.717, 1.165) is 43.1 Å². The van der Waals surface area contributed by atoms with E-state index >= 15 is 0 Å². The zero-order valence-electron chi connectivity index (χ0n) is 13.2. The Morgan fingerprint density at radius 3 is 2.74 bits per heavy atom. The minimum Gasteiger partial charge on any atom is -0.366 e. The molecule has 0 fully saturated rings. The number of anilines is 1. The lowest BCUT2D eigenvalue weighted by molar-refractivity contribution is 0.768. The van der Waals surface area contributed by atoms with Gasteiger partial charge in [-0.1, -0.05) is 30.3 Å². The zero-order valence-corrected chi connectivity index (χ0v) is 13.2. The van der Waals surface area contributed by atoms with Crippen molar-refractivity contribution < 1.29 is 0 Å². The highest BCUT2D eigenvalue weighted by Gasteiger charge is 2.20. The van der Waals surface area contributed by atoms with Crippen molar-refractivity contribution in [1.29, 1.82) is 0 Å². The second kappa shape index (κ2) is 5.83. The molecule has 0 bridgehead atoms. The van der Waals surface area contributed by atoms with Crippen molar-refractivity contribution >= 4 is 5.82 Å². The summed E-state index contributed by atoms with van der Waals surface area (Å²) in [7, 11) is 1.92. The van der Waals surface area contributed by atoms with E-state index in [1.807, 2.05) is 23.9 Å². The lowest BCUT2D eigenvalue weighted by Crippen LogP contribution is -2.08. The van der Waals surface area contributed by atoms with Crippen LogP contribution < -0.4 is 5.32 Å². The Morgan fingerprint density at radius 2 is 1.96 bits per heavy atom. The summed E-state index contributed by atoms with van der Waals surface area (Å²) >= 11 is 0. The largest absolute Gasteiger partial charge is 0.366 e. The molecule has 0 radical (unpaired) electrons. The van der Waals surface area contributed by atoms with Gasteiger partial charge < -0.3 is 5.32 Å². The van der Waals surface area contributed by atoms with E-state index in [0.29, 0.717) is 0 Å². The van der Waals surface area contributed by atoms with E-state index in [9.17, 15) is 0 Å².